The molecule has 1 aliphatic heterocycles. The molecule has 0 aliphatic carbocycles. The highest BCUT2D eigenvalue weighted by Gasteiger charge is 2.34. The van der Waals surface area contributed by atoms with Crippen molar-refractivity contribution in [1.29, 1.82) is 0 Å². The predicted octanol–water partition coefficient (Wildman–Crippen LogP) is -1.03. The molecule has 6 atom stereocenters. The van der Waals surface area contributed by atoms with Crippen LogP contribution in [-0.2, 0) is 0 Å². The van der Waals surface area contributed by atoms with Gasteiger partial charge in [0.1, 0.15) is 12.2 Å². The van der Waals surface area contributed by atoms with Gasteiger partial charge < -0.3 is 26.4 Å². The lowest BCUT2D eigenvalue weighted by molar-refractivity contribution is -0.0867. The number of β-amino-alcohol motifs (C(OH)–C–C–N with tert-alkyl or cyclic N) is 1. The van der Waals surface area contributed by atoms with E-state index in [0.29, 0.717) is 0 Å². The van der Waals surface area contributed by atoms with E-state index in [1.54, 1.807) is 0 Å². The molecule has 17 heavy (non-hydrogen) atoms. The molecule has 1 rings (SSSR count). The van der Waals surface area contributed by atoms with Crippen molar-refractivity contribution in [1.82, 2.24) is 5.32 Å². The van der Waals surface area contributed by atoms with Gasteiger partial charge in [-0.2, -0.15) is 0 Å². The van der Waals surface area contributed by atoms with Crippen molar-refractivity contribution < 1.29 is 15.3 Å². The van der Waals surface area contributed by atoms with Crippen LogP contribution in [-0.4, -0.2) is 52.3 Å². The Balaban J connectivity index is 2.54. The van der Waals surface area contributed by atoms with Crippen molar-refractivity contribution in [2.75, 3.05) is 6.54 Å². The first-order chi connectivity index (χ1) is 7.97. The molecule has 100 valence electrons. The summed E-state index contributed by atoms with van der Waals surface area (Å²) in [4.78, 5) is 0. The van der Waals surface area contributed by atoms with Gasteiger partial charge in [-0.25, -0.2) is 0 Å². The van der Waals surface area contributed by atoms with Crippen LogP contribution >= 0.6 is 0 Å². The highest BCUT2D eigenvalue weighted by Crippen LogP contribution is 2.13. The van der Waals surface area contributed by atoms with Crippen LogP contribution in [0.25, 0.3) is 0 Å². The average molecular weight is 244 g/mol. The van der Waals surface area contributed by atoms with Gasteiger partial charge in [0.25, 0.3) is 0 Å². The zero-order valence-electron chi connectivity index (χ0n) is 10.5. The van der Waals surface area contributed by atoms with Crippen molar-refractivity contribution >= 4 is 0 Å². The molecule has 0 amide bonds. The molecular formula is C12H24N2O3. The van der Waals surface area contributed by atoms with Gasteiger partial charge in [-0.1, -0.05) is 26.0 Å². The van der Waals surface area contributed by atoms with Crippen LogP contribution in [0.1, 0.15) is 20.3 Å². The Morgan fingerprint density at radius 1 is 1.35 bits per heavy atom. The van der Waals surface area contributed by atoms with Gasteiger partial charge in [0.05, 0.1) is 12.1 Å². The van der Waals surface area contributed by atoms with Gasteiger partial charge in [0.2, 0.25) is 0 Å². The second kappa shape index (κ2) is 6.47. The Labute approximate surface area is 102 Å². The summed E-state index contributed by atoms with van der Waals surface area (Å²) in [7, 11) is 0. The van der Waals surface area contributed by atoms with E-state index in [1.807, 2.05) is 26.0 Å². The van der Waals surface area contributed by atoms with Crippen molar-refractivity contribution in [2.24, 2.45) is 11.7 Å². The summed E-state index contributed by atoms with van der Waals surface area (Å²) in [6.07, 6.45) is 1.67. The molecule has 0 aromatic heterocycles. The number of piperidine rings is 1. The lowest BCUT2D eigenvalue weighted by Crippen LogP contribution is -2.58. The Kier molecular flexibility index (Phi) is 5.55. The highest BCUT2D eigenvalue weighted by molar-refractivity contribution is 5.05. The maximum atomic E-state index is 9.76. The molecule has 5 nitrogen and oxygen atoms in total. The third kappa shape index (κ3) is 3.76. The van der Waals surface area contributed by atoms with Crippen LogP contribution in [0.15, 0.2) is 12.2 Å². The largest absolute Gasteiger partial charge is 0.389 e. The number of hydrogen-bond donors (Lipinski definition) is 5. The SMILES string of the molecule is CCC(N)C(C)C=CC1NCC(O)C(O)C1O. The maximum Gasteiger partial charge on any atom is 0.109 e. The summed E-state index contributed by atoms with van der Waals surface area (Å²) in [5.41, 5.74) is 5.89. The van der Waals surface area contributed by atoms with Gasteiger partial charge >= 0.3 is 0 Å². The summed E-state index contributed by atoms with van der Waals surface area (Å²) in [6.45, 7) is 4.33. The fourth-order valence-corrected chi connectivity index (χ4v) is 1.93. The number of nitrogens with one attached hydrogen (secondary N) is 1. The molecular weight excluding hydrogens is 220 g/mol. The van der Waals surface area contributed by atoms with E-state index in [9.17, 15) is 15.3 Å². The quantitative estimate of drug-likeness (QED) is 0.407. The Morgan fingerprint density at radius 2 is 2.00 bits per heavy atom. The van der Waals surface area contributed by atoms with Gasteiger partial charge in [-0.3, -0.25) is 0 Å². The van der Waals surface area contributed by atoms with Gasteiger partial charge in [0.15, 0.2) is 0 Å². The summed E-state index contributed by atoms with van der Waals surface area (Å²) < 4.78 is 0. The third-order valence-electron chi connectivity index (χ3n) is 3.44. The number of nitrogens with two attached hydrogens (primary N) is 1. The van der Waals surface area contributed by atoms with E-state index in [0.717, 1.165) is 6.42 Å². The van der Waals surface area contributed by atoms with Crippen LogP contribution in [0.5, 0.6) is 0 Å². The Bertz CT molecular complexity index is 260. The lowest BCUT2D eigenvalue weighted by Gasteiger charge is -2.34. The van der Waals surface area contributed by atoms with Crippen molar-refractivity contribution in [3.63, 3.8) is 0 Å². The monoisotopic (exact) mass is 244 g/mol. The molecule has 0 saturated carbocycles. The number of hydrogen-bond acceptors (Lipinski definition) is 5. The number of rotatable bonds is 4. The van der Waals surface area contributed by atoms with E-state index in [4.69, 9.17) is 5.73 Å². The minimum absolute atomic E-state index is 0.0995. The molecule has 1 heterocycles. The first kappa shape index (κ1) is 14.6. The first-order valence-corrected chi connectivity index (χ1v) is 6.18. The van der Waals surface area contributed by atoms with Gasteiger partial charge in [-0.15, -0.1) is 0 Å². The molecule has 1 saturated heterocycles. The lowest BCUT2D eigenvalue weighted by atomic mass is 9.93. The minimum atomic E-state index is -1.10. The van der Waals surface area contributed by atoms with Crippen molar-refractivity contribution in [2.45, 2.75) is 50.7 Å². The maximum absolute atomic E-state index is 9.76. The van der Waals surface area contributed by atoms with Crippen LogP contribution in [0, 0.1) is 5.92 Å². The van der Waals surface area contributed by atoms with Gasteiger partial charge in [-0.05, 0) is 12.3 Å². The zero-order valence-corrected chi connectivity index (χ0v) is 10.5. The van der Waals surface area contributed by atoms with Crippen molar-refractivity contribution in [3.05, 3.63) is 12.2 Å². The third-order valence-corrected chi connectivity index (χ3v) is 3.44. The summed E-state index contributed by atoms with van der Waals surface area (Å²) >= 11 is 0. The number of aliphatic hydroxyl groups is 3. The Hall–Kier alpha value is -0.460. The average Bonchev–Trinajstić information content (AvgIpc) is 2.33. The molecule has 5 heteroatoms. The fraction of sp³-hybridized carbons (Fsp3) is 0.833. The van der Waals surface area contributed by atoms with E-state index < -0.39 is 18.3 Å². The summed E-state index contributed by atoms with van der Waals surface area (Å²) in [6, 6.07) is -0.234. The number of aliphatic hydroxyl groups excluding tert-OH is 3. The first-order valence-electron chi connectivity index (χ1n) is 6.18. The van der Waals surface area contributed by atoms with Crippen LogP contribution < -0.4 is 11.1 Å². The highest BCUT2D eigenvalue weighted by atomic mass is 16.4. The van der Waals surface area contributed by atoms with Crippen LogP contribution in [0.2, 0.25) is 0 Å². The molecule has 0 spiro atoms. The molecule has 6 unspecified atom stereocenters. The molecule has 1 aliphatic rings. The van der Waals surface area contributed by atoms with Crippen molar-refractivity contribution in [3.8, 4) is 0 Å². The second-order valence-corrected chi connectivity index (χ2v) is 4.80. The molecule has 0 aromatic rings. The summed E-state index contributed by atoms with van der Waals surface area (Å²) in [5, 5.41) is 31.6. The van der Waals surface area contributed by atoms with Crippen LogP contribution in [0.4, 0.5) is 0 Å². The minimum Gasteiger partial charge on any atom is -0.389 e. The topological polar surface area (TPSA) is 98.7 Å². The molecule has 0 radical (unpaired) electrons. The molecule has 0 aromatic carbocycles. The van der Waals surface area contributed by atoms with E-state index >= 15 is 0 Å². The normalized spacial score (nSPS) is 38.2. The molecule has 6 N–H and O–H groups in total. The smallest absolute Gasteiger partial charge is 0.109 e. The zero-order chi connectivity index (χ0) is 13.0. The van der Waals surface area contributed by atoms with E-state index in [2.05, 4.69) is 5.32 Å². The molecule has 1 fully saturated rings. The van der Waals surface area contributed by atoms with Gasteiger partial charge in [0, 0.05) is 12.6 Å². The van der Waals surface area contributed by atoms with E-state index in [1.165, 1.54) is 0 Å². The second-order valence-electron chi connectivity index (χ2n) is 4.80. The van der Waals surface area contributed by atoms with E-state index in [-0.39, 0.29) is 24.5 Å². The fourth-order valence-electron chi connectivity index (χ4n) is 1.93. The standard InChI is InChI=1S/C12H24N2O3/c1-3-8(13)7(2)4-5-9-11(16)12(17)10(15)6-14-9/h4-5,7-12,14-17H,3,6,13H2,1-2H3. The van der Waals surface area contributed by atoms with Crippen LogP contribution in [0.3, 0.4) is 0 Å². The molecule has 0 bridgehead atoms. The predicted molar refractivity (Wildman–Crippen MR) is 66.4 cm³/mol. The summed E-state index contributed by atoms with van der Waals surface area (Å²) in [5.74, 6) is 0.220. The Morgan fingerprint density at radius 3 is 2.59 bits per heavy atom.